The van der Waals surface area contributed by atoms with Gasteiger partial charge in [-0.05, 0) is 50.3 Å². The summed E-state index contributed by atoms with van der Waals surface area (Å²) in [6.45, 7) is 0.510. The van der Waals surface area contributed by atoms with Gasteiger partial charge in [-0.25, -0.2) is 14.4 Å². The van der Waals surface area contributed by atoms with Gasteiger partial charge in [-0.15, -0.1) is 0 Å². The molecule has 2 fully saturated rings. The zero-order chi connectivity index (χ0) is 26.8. The number of methoxy groups -OCH3 is 1. The molecular weight excluding hydrogens is 513 g/mol. The number of carbonyl (C=O) groups is 1. The van der Waals surface area contributed by atoms with E-state index in [1.54, 1.807) is 32.4 Å². The number of ether oxygens (including phenoxy) is 2. The van der Waals surface area contributed by atoms with E-state index >= 15 is 0 Å². The molecule has 3 N–H and O–H groups in total. The number of nitrogens with one attached hydrogen (secondary N) is 2. The van der Waals surface area contributed by atoms with Gasteiger partial charge in [0.2, 0.25) is 5.91 Å². The molecule has 1 aliphatic carbocycles. The molecule has 0 spiro atoms. The van der Waals surface area contributed by atoms with Crippen LogP contribution in [0.3, 0.4) is 0 Å². The van der Waals surface area contributed by atoms with Gasteiger partial charge in [-0.1, -0.05) is 17.7 Å². The van der Waals surface area contributed by atoms with Crippen LogP contribution in [0.2, 0.25) is 5.02 Å². The lowest BCUT2D eigenvalue weighted by Crippen LogP contribution is -2.48. The Bertz CT molecular complexity index is 1320. The highest BCUT2D eigenvalue weighted by molar-refractivity contribution is 6.31. The molecule has 2 aliphatic rings. The van der Waals surface area contributed by atoms with Crippen molar-refractivity contribution in [3.05, 3.63) is 47.5 Å². The van der Waals surface area contributed by atoms with Gasteiger partial charge in [0.15, 0.2) is 17.3 Å². The molecule has 38 heavy (non-hydrogen) atoms. The van der Waals surface area contributed by atoms with Gasteiger partial charge in [0.05, 0.1) is 41.6 Å². The van der Waals surface area contributed by atoms with E-state index in [-0.39, 0.29) is 34.8 Å². The highest BCUT2D eigenvalue weighted by Gasteiger charge is 2.40. The first kappa shape index (κ1) is 26.4. The Morgan fingerprint density at radius 3 is 2.71 bits per heavy atom. The van der Waals surface area contributed by atoms with E-state index in [9.17, 15) is 14.3 Å². The number of aliphatic hydroxyl groups is 1. The molecule has 2 aromatic carbocycles. The number of carbonyl (C=O) groups excluding carboxylic acids is 1. The lowest BCUT2D eigenvalue weighted by molar-refractivity contribution is -0.126. The maximum absolute atomic E-state index is 14.5. The van der Waals surface area contributed by atoms with Crippen LogP contribution in [0.15, 0.2) is 36.7 Å². The number of likely N-dealkylation sites (tertiary alicyclic amines) is 1. The van der Waals surface area contributed by atoms with E-state index < -0.39 is 11.9 Å². The zero-order valence-corrected chi connectivity index (χ0v) is 22.0. The van der Waals surface area contributed by atoms with Crippen molar-refractivity contribution in [2.75, 3.05) is 26.0 Å². The Labute approximate surface area is 225 Å². The molecule has 1 aromatic heterocycles. The van der Waals surface area contributed by atoms with Gasteiger partial charge in [0.25, 0.3) is 0 Å². The van der Waals surface area contributed by atoms with E-state index in [2.05, 4.69) is 25.5 Å². The largest absolute Gasteiger partial charge is 0.493 e. The van der Waals surface area contributed by atoms with Crippen molar-refractivity contribution in [2.45, 2.75) is 56.4 Å². The normalized spacial score (nSPS) is 23.8. The number of amides is 1. The predicted octanol–water partition coefficient (Wildman–Crippen LogP) is 4.05. The molecular formula is C27H31ClFN5O4. The second-order valence-corrected chi connectivity index (χ2v) is 10.1. The number of nitrogens with zero attached hydrogens (tertiary/aromatic N) is 3. The predicted molar refractivity (Wildman–Crippen MR) is 143 cm³/mol. The monoisotopic (exact) mass is 543 g/mol. The second-order valence-electron chi connectivity index (χ2n) is 9.73. The van der Waals surface area contributed by atoms with Gasteiger partial charge >= 0.3 is 0 Å². The van der Waals surface area contributed by atoms with E-state index in [0.717, 1.165) is 25.7 Å². The van der Waals surface area contributed by atoms with Crippen LogP contribution in [0.1, 0.15) is 32.1 Å². The molecule has 0 bridgehead atoms. The number of benzene rings is 2. The Balaban J connectivity index is 1.33. The van der Waals surface area contributed by atoms with Gasteiger partial charge < -0.3 is 25.2 Å². The first-order valence-electron chi connectivity index (χ1n) is 12.7. The minimum absolute atomic E-state index is 0.0136. The topological polar surface area (TPSA) is 109 Å². The summed E-state index contributed by atoms with van der Waals surface area (Å²) in [5.41, 5.74) is 0.821. The third kappa shape index (κ3) is 5.34. The van der Waals surface area contributed by atoms with Crippen molar-refractivity contribution in [1.29, 1.82) is 0 Å². The molecule has 3 aromatic rings. The SMILES string of the molecule is CNC(=O)[C@H]1C[C@@H](O)CN1C1CCC(Oc2cc3c(Nc4cccc(Cl)c4F)ncnc3cc2OC)CC1. The Morgan fingerprint density at radius 1 is 1.18 bits per heavy atom. The molecule has 11 heteroatoms. The molecule has 2 heterocycles. The summed E-state index contributed by atoms with van der Waals surface area (Å²) in [5, 5.41) is 16.6. The average Bonchev–Trinajstić information content (AvgIpc) is 3.32. The lowest BCUT2D eigenvalue weighted by atomic mass is 9.91. The molecule has 1 aliphatic heterocycles. The van der Waals surface area contributed by atoms with Crippen LogP contribution in [0.25, 0.3) is 10.9 Å². The number of aliphatic hydroxyl groups excluding tert-OH is 1. The van der Waals surface area contributed by atoms with Crippen LogP contribution < -0.4 is 20.1 Å². The number of halogens is 2. The molecule has 0 unspecified atom stereocenters. The molecule has 1 amide bonds. The number of β-amino-alcohol motifs (C(OH)–C–C–N with tert-alkyl or cyclic N) is 1. The van der Waals surface area contributed by atoms with E-state index in [4.69, 9.17) is 21.1 Å². The molecule has 1 saturated carbocycles. The van der Waals surface area contributed by atoms with Crippen molar-refractivity contribution < 1.29 is 23.8 Å². The van der Waals surface area contributed by atoms with Crippen LogP contribution >= 0.6 is 11.6 Å². The Morgan fingerprint density at radius 2 is 1.97 bits per heavy atom. The second kappa shape index (κ2) is 11.3. The van der Waals surface area contributed by atoms with Crippen LogP contribution in [0.5, 0.6) is 11.5 Å². The third-order valence-electron chi connectivity index (χ3n) is 7.40. The summed E-state index contributed by atoms with van der Waals surface area (Å²) >= 11 is 5.94. The summed E-state index contributed by atoms with van der Waals surface area (Å²) in [7, 11) is 3.20. The first-order chi connectivity index (χ1) is 18.4. The van der Waals surface area contributed by atoms with Crippen molar-refractivity contribution in [1.82, 2.24) is 20.2 Å². The quantitative estimate of drug-likeness (QED) is 0.410. The Hall–Kier alpha value is -3.21. The molecule has 9 nitrogen and oxygen atoms in total. The smallest absolute Gasteiger partial charge is 0.237 e. The standard InChI is InChI=1S/C27H31ClFN5O4/c1-30-27(36)22-10-16(35)13-34(22)15-6-8-17(9-7-15)38-24-11-18-21(12-23(24)37-2)31-14-32-26(18)33-20-5-3-4-19(28)25(20)29/h3-5,11-12,14-17,22,35H,6-10,13H2,1-2H3,(H,30,36)(H,31,32,33)/t15?,16-,17?,22-/m1/s1. The summed E-state index contributed by atoms with van der Waals surface area (Å²) < 4.78 is 26.5. The minimum Gasteiger partial charge on any atom is -0.493 e. The average molecular weight is 544 g/mol. The molecule has 0 radical (unpaired) electrons. The van der Waals surface area contributed by atoms with E-state index in [1.807, 2.05) is 6.07 Å². The molecule has 202 valence electrons. The van der Waals surface area contributed by atoms with Crippen molar-refractivity contribution in [3.63, 3.8) is 0 Å². The van der Waals surface area contributed by atoms with Crippen LogP contribution in [-0.2, 0) is 4.79 Å². The summed E-state index contributed by atoms with van der Waals surface area (Å²) in [4.78, 5) is 23.1. The highest BCUT2D eigenvalue weighted by atomic mass is 35.5. The highest BCUT2D eigenvalue weighted by Crippen LogP contribution is 2.38. The van der Waals surface area contributed by atoms with Crippen molar-refractivity contribution in [2.24, 2.45) is 0 Å². The zero-order valence-electron chi connectivity index (χ0n) is 21.3. The van der Waals surface area contributed by atoms with Gasteiger partial charge in [0, 0.05) is 31.1 Å². The van der Waals surface area contributed by atoms with Gasteiger partial charge in [-0.2, -0.15) is 0 Å². The van der Waals surface area contributed by atoms with Crippen molar-refractivity contribution >= 4 is 39.9 Å². The fraction of sp³-hybridized carbons (Fsp3) is 0.444. The number of rotatable bonds is 7. The van der Waals surface area contributed by atoms with Gasteiger partial charge in [0.1, 0.15) is 12.1 Å². The van der Waals surface area contributed by atoms with E-state index in [1.165, 1.54) is 12.4 Å². The fourth-order valence-corrected chi connectivity index (χ4v) is 5.66. The maximum Gasteiger partial charge on any atom is 0.237 e. The number of anilines is 2. The van der Waals surface area contributed by atoms with Crippen molar-refractivity contribution in [3.8, 4) is 11.5 Å². The van der Waals surface area contributed by atoms with Crippen LogP contribution in [-0.4, -0.2) is 70.9 Å². The fourth-order valence-electron chi connectivity index (χ4n) is 5.48. The van der Waals surface area contributed by atoms with Crippen LogP contribution in [0, 0.1) is 5.82 Å². The molecule has 2 atom stereocenters. The number of fused-ring (bicyclic) bond motifs is 1. The lowest BCUT2D eigenvalue weighted by Gasteiger charge is -2.37. The summed E-state index contributed by atoms with van der Waals surface area (Å²) in [6, 6.07) is 8.22. The van der Waals surface area contributed by atoms with Gasteiger partial charge in [-0.3, -0.25) is 9.69 Å². The number of aromatic nitrogens is 2. The number of hydrogen-bond acceptors (Lipinski definition) is 8. The number of likely N-dealkylation sites (N-methyl/N-ethyl adjacent to an activating group) is 1. The molecule has 1 saturated heterocycles. The third-order valence-corrected chi connectivity index (χ3v) is 7.69. The number of hydrogen-bond donors (Lipinski definition) is 3. The summed E-state index contributed by atoms with van der Waals surface area (Å²) in [5.74, 6) is 0.894. The Kier molecular flexibility index (Phi) is 7.83. The maximum atomic E-state index is 14.5. The summed E-state index contributed by atoms with van der Waals surface area (Å²) in [6.07, 6.45) is 4.62. The minimum atomic E-state index is -0.563. The van der Waals surface area contributed by atoms with E-state index in [0.29, 0.717) is 41.2 Å². The molecule has 5 rings (SSSR count). The first-order valence-corrected chi connectivity index (χ1v) is 13.1. The van der Waals surface area contributed by atoms with Crippen LogP contribution in [0.4, 0.5) is 15.9 Å².